The Hall–Kier alpha value is -0.0800. The Morgan fingerprint density at radius 2 is 1.86 bits per heavy atom. The van der Waals surface area contributed by atoms with E-state index in [0.717, 1.165) is 13.0 Å². The van der Waals surface area contributed by atoms with E-state index >= 15 is 0 Å². The van der Waals surface area contributed by atoms with E-state index in [1.54, 1.807) is 0 Å². The molecular weight excluding hydrogens is 174 g/mol. The zero-order valence-corrected chi connectivity index (χ0v) is 10.3. The van der Waals surface area contributed by atoms with Gasteiger partial charge in [0.15, 0.2) is 0 Å². The molecule has 0 aromatic carbocycles. The molecule has 0 fully saturated rings. The van der Waals surface area contributed by atoms with Gasteiger partial charge in [-0.3, -0.25) is 0 Å². The fourth-order valence-corrected chi connectivity index (χ4v) is 1.91. The van der Waals surface area contributed by atoms with Crippen LogP contribution in [0.25, 0.3) is 0 Å². The molecule has 0 aliphatic rings. The first kappa shape index (κ1) is 13.9. The number of nitrogens with one attached hydrogen (secondary N) is 1. The summed E-state index contributed by atoms with van der Waals surface area (Å²) in [4.78, 5) is 0. The zero-order valence-electron chi connectivity index (χ0n) is 10.3. The van der Waals surface area contributed by atoms with Crippen LogP contribution in [0.15, 0.2) is 0 Å². The normalized spacial score (nSPS) is 15.4. The first-order chi connectivity index (χ1) is 6.79. The van der Waals surface area contributed by atoms with E-state index in [4.69, 9.17) is 4.74 Å². The standard InChI is InChI=1S/C12H27NO/c1-5-8-9-10-11(13-7-3)12(6-2)14-4/h11-13H,5-10H2,1-4H3. The largest absolute Gasteiger partial charge is 0.380 e. The lowest BCUT2D eigenvalue weighted by atomic mass is 10.0. The van der Waals surface area contributed by atoms with Gasteiger partial charge in [0.1, 0.15) is 0 Å². The van der Waals surface area contributed by atoms with Gasteiger partial charge in [0.25, 0.3) is 0 Å². The molecular formula is C12H27NO. The van der Waals surface area contributed by atoms with E-state index < -0.39 is 0 Å². The van der Waals surface area contributed by atoms with Gasteiger partial charge in [-0.05, 0) is 19.4 Å². The number of hydrogen-bond donors (Lipinski definition) is 1. The summed E-state index contributed by atoms with van der Waals surface area (Å²) < 4.78 is 5.48. The van der Waals surface area contributed by atoms with Crippen LogP contribution in [0.3, 0.4) is 0 Å². The van der Waals surface area contributed by atoms with Crippen LogP contribution in [-0.4, -0.2) is 25.8 Å². The third-order valence-corrected chi connectivity index (χ3v) is 2.74. The fourth-order valence-electron chi connectivity index (χ4n) is 1.91. The van der Waals surface area contributed by atoms with E-state index in [9.17, 15) is 0 Å². The van der Waals surface area contributed by atoms with E-state index in [2.05, 4.69) is 26.1 Å². The number of likely N-dealkylation sites (N-methyl/N-ethyl adjacent to an activating group) is 1. The maximum atomic E-state index is 5.48. The quantitative estimate of drug-likeness (QED) is 0.579. The first-order valence-electron chi connectivity index (χ1n) is 6.06. The van der Waals surface area contributed by atoms with Crippen molar-refractivity contribution in [3.63, 3.8) is 0 Å². The molecule has 0 aliphatic heterocycles. The van der Waals surface area contributed by atoms with Crippen LogP contribution in [-0.2, 0) is 4.74 Å². The monoisotopic (exact) mass is 201 g/mol. The number of hydrogen-bond acceptors (Lipinski definition) is 2. The molecule has 0 saturated heterocycles. The lowest BCUT2D eigenvalue weighted by molar-refractivity contribution is 0.0622. The van der Waals surface area contributed by atoms with Crippen molar-refractivity contribution in [1.82, 2.24) is 5.32 Å². The van der Waals surface area contributed by atoms with E-state index in [-0.39, 0.29) is 0 Å². The molecule has 0 spiro atoms. The molecule has 0 amide bonds. The van der Waals surface area contributed by atoms with Gasteiger partial charge in [0.05, 0.1) is 6.10 Å². The minimum Gasteiger partial charge on any atom is -0.380 e. The molecule has 0 aromatic rings. The summed E-state index contributed by atoms with van der Waals surface area (Å²) in [6.45, 7) is 7.64. The third-order valence-electron chi connectivity index (χ3n) is 2.74. The average Bonchev–Trinajstić information content (AvgIpc) is 2.20. The van der Waals surface area contributed by atoms with Crippen molar-refractivity contribution in [3.8, 4) is 0 Å². The zero-order chi connectivity index (χ0) is 10.8. The van der Waals surface area contributed by atoms with Gasteiger partial charge in [-0.25, -0.2) is 0 Å². The third kappa shape index (κ3) is 5.61. The maximum Gasteiger partial charge on any atom is 0.0721 e. The lowest BCUT2D eigenvalue weighted by Crippen LogP contribution is -2.40. The van der Waals surface area contributed by atoms with Crippen LogP contribution in [0.4, 0.5) is 0 Å². The van der Waals surface area contributed by atoms with E-state index in [0.29, 0.717) is 12.1 Å². The van der Waals surface area contributed by atoms with Gasteiger partial charge in [-0.15, -0.1) is 0 Å². The first-order valence-corrected chi connectivity index (χ1v) is 6.06. The predicted octanol–water partition coefficient (Wildman–Crippen LogP) is 2.97. The molecule has 0 radical (unpaired) electrons. The number of rotatable bonds is 9. The topological polar surface area (TPSA) is 21.3 Å². The van der Waals surface area contributed by atoms with Crippen LogP contribution >= 0.6 is 0 Å². The van der Waals surface area contributed by atoms with Crippen LogP contribution < -0.4 is 5.32 Å². The predicted molar refractivity (Wildman–Crippen MR) is 62.7 cm³/mol. The van der Waals surface area contributed by atoms with Crippen molar-refractivity contribution in [3.05, 3.63) is 0 Å². The minimum absolute atomic E-state index is 0.381. The molecule has 1 N–H and O–H groups in total. The van der Waals surface area contributed by atoms with Crippen molar-refractivity contribution in [2.45, 2.75) is 65.0 Å². The van der Waals surface area contributed by atoms with Gasteiger partial charge in [-0.1, -0.05) is 40.0 Å². The van der Waals surface area contributed by atoms with Gasteiger partial charge >= 0.3 is 0 Å². The summed E-state index contributed by atoms with van der Waals surface area (Å²) >= 11 is 0. The van der Waals surface area contributed by atoms with Crippen molar-refractivity contribution in [1.29, 1.82) is 0 Å². The van der Waals surface area contributed by atoms with Crippen molar-refractivity contribution in [2.75, 3.05) is 13.7 Å². The van der Waals surface area contributed by atoms with Crippen LogP contribution in [0.1, 0.15) is 52.9 Å². The molecule has 0 aromatic heterocycles. The smallest absolute Gasteiger partial charge is 0.0721 e. The number of ether oxygens (including phenoxy) is 1. The molecule has 0 rings (SSSR count). The summed E-state index contributed by atoms with van der Waals surface area (Å²) in [6.07, 6.45) is 6.67. The van der Waals surface area contributed by atoms with E-state index in [1.807, 2.05) is 7.11 Å². The van der Waals surface area contributed by atoms with Gasteiger partial charge in [0.2, 0.25) is 0 Å². The molecule has 2 atom stereocenters. The molecule has 2 nitrogen and oxygen atoms in total. The highest BCUT2D eigenvalue weighted by molar-refractivity contribution is 4.75. The van der Waals surface area contributed by atoms with Gasteiger partial charge in [0, 0.05) is 13.2 Å². The highest BCUT2D eigenvalue weighted by Crippen LogP contribution is 2.11. The summed E-state index contributed by atoms with van der Waals surface area (Å²) in [5, 5.41) is 3.52. The number of methoxy groups -OCH3 is 1. The Labute approximate surface area is 89.4 Å². The highest BCUT2D eigenvalue weighted by Gasteiger charge is 2.17. The lowest BCUT2D eigenvalue weighted by Gasteiger charge is -2.25. The second-order valence-electron chi connectivity index (χ2n) is 3.84. The van der Waals surface area contributed by atoms with Gasteiger partial charge < -0.3 is 10.1 Å². The highest BCUT2D eigenvalue weighted by atomic mass is 16.5. The Kier molecular flexibility index (Phi) is 9.42. The fraction of sp³-hybridized carbons (Fsp3) is 1.00. The second-order valence-corrected chi connectivity index (χ2v) is 3.84. The molecule has 0 aliphatic carbocycles. The molecule has 0 bridgehead atoms. The molecule has 86 valence electrons. The molecule has 14 heavy (non-hydrogen) atoms. The van der Waals surface area contributed by atoms with Crippen LogP contribution in [0, 0.1) is 0 Å². The SMILES string of the molecule is CCCCCC(NCC)C(CC)OC. The average molecular weight is 201 g/mol. The van der Waals surface area contributed by atoms with Crippen LogP contribution in [0.5, 0.6) is 0 Å². The van der Waals surface area contributed by atoms with Crippen molar-refractivity contribution >= 4 is 0 Å². The minimum atomic E-state index is 0.381. The van der Waals surface area contributed by atoms with Crippen molar-refractivity contribution < 1.29 is 4.74 Å². The summed E-state index contributed by atoms with van der Waals surface area (Å²) in [5.41, 5.74) is 0. The molecule has 2 heteroatoms. The van der Waals surface area contributed by atoms with Gasteiger partial charge in [-0.2, -0.15) is 0 Å². The number of unbranched alkanes of at least 4 members (excludes halogenated alkanes) is 2. The molecule has 0 heterocycles. The summed E-state index contributed by atoms with van der Waals surface area (Å²) in [5.74, 6) is 0. The van der Waals surface area contributed by atoms with E-state index in [1.165, 1.54) is 25.7 Å². The van der Waals surface area contributed by atoms with Crippen molar-refractivity contribution in [2.24, 2.45) is 0 Å². The maximum absolute atomic E-state index is 5.48. The Morgan fingerprint density at radius 1 is 1.14 bits per heavy atom. The second kappa shape index (κ2) is 9.47. The molecule has 0 saturated carbocycles. The Morgan fingerprint density at radius 3 is 2.29 bits per heavy atom. The Balaban J connectivity index is 3.85. The molecule has 2 unspecified atom stereocenters. The Bertz CT molecular complexity index is 113. The summed E-state index contributed by atoms with van der Waals surface area (Å²) in [6, 6.07) is 0.543. The summed E-state index contributed by atoms with van der Waals surface area (Å²) in [7, 11) is 1.82. The van der Waals surface area contributed by atoms with Crippen LogP contribution in [0.2, 0.25) is 0 Å².